The second-order valence-electron chi connectivity index (χ2n) is 7.86. The summed E-state index contributed by atoms with van der Waals surface area (Å²) < 4.78 is 45.2. The van der Waals surface area contributed by atoms with Crippen molar-refractivity contribution in [1.29, 1.82) is 0 Å². The van der Waals surface area contributed by atoms with Gasteiger partial charge in [0, 0.05) is 11.3 Å². The molecule has 1 aliphatic rings. The monoisotopic (exact) mass is 467 g/mol. The lowest BCUT2D eigenvalue weighted by Gasteiger charge is -2.26. The Morgan fingerprint density at radius 2 is 1.62 bits per heavy atom. The van der Waals surface area contributed by atoms with Gasteiger partial charge in [-0.3, -0.25) is 14.5 Å². The van der Waals surface area contributed by atoms with E-state index in [0.29, 0.717) is 16.9 Å². The van der Waals surface area contributed by atoms with E-state index in [1.54, 1.807) is 48.5 Å². The zero-order chi connectivity index (χ0) is 24.6. The average Bonchev–Trinajstić information content (AvgIpc) is 3.09. The van der Waals surface area contributed by atoms with Gasteiger partial charge in [0.15, 0.2) is 0 Å². The van der Waals surface area contributed by atoms with E-state index in [0.717, 1.165) is 22.6 Å². The molecule has 1 aliphatic heterocycles. The first-order valence-electron chi connectivity index (χ1n) is 10.3. The lowest BCUT2D eigenvalue weighted by Crippen LogP contribution is -2.29. The van der Waals surface area contributed by atoms with Crippen molar-refractivity contribution in [2.75, 3.05) is 12.0 Å². The molecule has 1 fully saturated rings. The Morgan fingerprint density at radius 3 is 2.21 bits per heavy atom. The van der Waals surface area contributed by atoms with Crippen molar-refractivity contribution >= 4 is 23.1 Å². The predicted octanol–water partition coefficient (Wildman–Crippen LogP) is 5.65. The third-order valence-electron chi connectivity index (χ3n) is 5.65. The quantitative estimate of drug-likeness (QED) is 0.306. The van der Waals surface area contributed by atoms with Gasteiger partial charge in [-0.1, -0.05) is 48.0 Å². The largest absolute Gasteiger partial charge is 0.507 e. The number of hydrogen-bond acceptors (Lipinski definition) is 4. The summed E-state index contributed by atoms with van der Waals surface area (Å²) in [6.45, 7) is 1.85. The fourth-order valence-corrected chi connectivity index (χ4v) is 3.90. The van der Waals surface area contributed by atoms with Gasteiger partial charge >= 0.3 is 6.18 Å². The van der Waals surface area contributed by atoms with Crippen LogP contribution in [0.1, 0.15) is 28.3 Å². The zero-order valence-corrected chi connectivity index (χ0v) is 18.3. The maximum absolute atomic E-state index is 13.4. The number of amides is 1. The number of benzene rings is 3. The number of alkyl halides is 3. The number of carbonyl (C=O) groups is 2. The molecule has 0 spiro atoms. The molecule has 0 aliphatic carbocycles. The van der Waals surface area contributed by atoms with Crippen LogP contribution in [0.3, 0.4) is 0 Å². The highest BCUT2D eigenvalue weighted by Gasteiger charge is 2.47. The zero-order valence-electron chi connectivity index (χ0n) is 18.3. The first-order valence-corrected chi connectivity index (χ1v) is 10.3. The summed E-state index contributed by atoms with van der Waals surface area (Å²) in [5, 5.41) is 11.1. The van der Waals surface area contributed by atoms with E-state index in [1.165, 1.54) is 19.2 Å². The summed E-state index contributed by atoms with van der Waals surface area (Å²) in [6, 6.07) is 16.1. The van der Waals surface area contributed by atoms with E-state index in [-0.39, 0.29) is 11.3 Å². The van der Waals surface area contributed by atoms with Crippen LogP contribution in [0.5, 0.6) is 5.75 Å². The van der Waals surface area contributed by atoms with Gasteiger partial charge in [-0.15, -0.1) is 0 Å². The van der Waals surface area contributed by atoms with E-state index in [1.807, 2.05) is 6.92 Å². The molecule has 0 unspecified atom stereocenters. The van der Waals surface area contributed by atoms with E-state index in [2.05, 4.69) is 0 Å². The molecule has 1 heterocycles. The van der Waals surface area contributed by atoms with Crippen LogP contribution in [0.25, 0.3) is 5.76 Å². The summed E-state index contributed by atoms with van der Waals surface area (Å²) in [6.07, 6.45) is -4.64. The first kappa shape index (κ1) is 23.1. The molecule has 0 radical (unpaired) electrons. The van der Waals surface area contributed by atoms with Crippen LogP contribution in [0.15, 0.2) is 78.4 Å². The van der Waals surface area contributed by atoms with Gasteiger partial charge in [-0.05, 0) is 42.8 Å². The Labute approximate surface area is 193 Å². The Kier molecular flexibility index (Phi) is 5.91. The van der Waals surface area contributed by atoms with Crippen molar-refractivity contribution in [3.8, 4) is 5.75 Å². The van der Waals surface area contributed by atoms with Crippen molar-refractivity contribution in [1.82, 2.24) is 0 Å². The Hall–Kier alpha value is -4.07. The van der Waals surface area contributed by atoms with Gasteiger partial charge in [-0.25, -0.2) is 0 Å². The van der Waals surface area contributed by atoms with E-state index < -0.39 is 35.2 Å². The van der Waals surface area contributed by atoms with Gasteiger partial charge in [0.2, 0.25) is 0 Å². The predicted molar refractivity (Wildman–Crippen MR) is 120 cm³/mol. The van der Waals surface area contributed by atoms with Gasteiger partial charge in [0.05, 0.1) is 24.3 Å². The van der Waals surface area contributed by atoms with Crippen molar-refractivity contribution < 1.29 is 32.6 Å². The molecular formula is C26H20F3NO4. The van der Waals surface area contributed by atoms with Crippen LogP contribution in [0.2, 0.25) is 0 Å². The lowest BCUT2D eigenvalue weighted by atomic mass is 9.94. The SMILES string of the molecule is COc1ccc([C@H]2C(=C(O)c3ccc(C)cc3)C(=O)C(=O)N2c2cccc(C(F)(F)F)c2)cc1. The topological polar surface area (TPSA) is 66.8 Å². The summed E-state index contributed by atoms with van der Waals surface area (Å²) >= 11 is 0. The van der Waals surface area contributed by atoms with Crippen LogP contribution in [0.4, 0.5) is 18.9 Å². The molecular weight excluding hydrogens is 447 g/mol. The molecule has 5 nitrogen and oxygen atoms in total. The maximum Gasteiger partial charge on any atom is 0.416 e. The third kappa shape index (κ3) is 4.14. The molecule has 34 heavy (non-hydrogen) atoms. The number of aliphatic hydroxyl groups is 1. The summed E-state index contributed by atoms with van der Waals surface area (Å²) in [7, 11) is 1.47. The van der Waals surface area contributed by atoms with Gasteiger partial charge in [-0.2, -0.15) is 13.2 Å². The number of hydrogen-bond donors (Lipinski definition) is 1. The first-order chi connectivity index (χ1) is 16.1. The smallest absolute Gasteiger partial charge is 0.416 e. The highest BCUT2D eigenvalue weighted by molar-refractivity contribution is 6.51. The molecule has 174 valence electrons. The van der Waals surface area contributed by atoms with Crippen LogP contribution >= 0.6 is 0 Å². The number of ketones is 1. The van der Waals surface area contributed by atoms with Crippen LogP contribution in [0, 0.1) is 6.92 Å². The number of methoxy groups -OCH3 is 1. The molecule has 3 aromatic rings. The second-order valence-corrected chi connectivity index (χ2v) is 7.86. The maximum atomic E-state index is 13.4. The highest BCUT2D eigenvalue weighted by atomic mass is 19.4. The van der Waals surface area contributed by atoms with Crippen LogP contribution in [-0.4, -0.2) is 23.9 Å². The average molecular weight is 467 g/mol. The molecule has 3 aromatic carbocycles. The number of anilines is 1. The summed E-state index contributed by atoms with van der Waals surface area (Å²) in [5.74, 6) is -1.92. The minimum absolute atomic E-state index is 0.110. The summed E-state index contributed by atoms with van der Waals surface area (Å²) in [4.78, 5) is 27.2. The van der Waals surface area contributed by atoms with Gasteiger partial charge in [0.25, 0.3) is 11.7 Å². The summed E-state index contributed by atoms with van der Waals surface area (Å²) in [5.41, 5.74) is 0.376. The molecule has 4 rings (SSSR count). The fraction of sp³-hybridized carbons (Fsp3) is 0.154. The minimum Gasteiger partial charge on any atom is -0.507 e. The normalized spacial score (nSPS) is 17.8. The van der Waals surface area contributed by atoms with Gasteiger partial charge < -0.3 is 9.84 Å². The lowest BCUT2D eigenvalue weighted by molar-refractivity contribution is -0.137. The molecule has 1 amide bonds. The number of carbonyl (C=O) groups excluding carboxylic acids is 2. The van der Waals surface area contributed by atoms with E-state index in [9.17, 15) is 27.9 Å². The molecule has 0 bridgehead atoms. The second kappa shape index (κ2) is 8.70. The molecule has 1 N–H and O–H groups in total. The van der Waals surface area contributed by atoms with Crippen molar-refractivity contribution in [2.45, 2.75) is 19.1 Å². The Morgan fingerprint density at radius 1 is 0.971 bits per heavy atom. The highest BCUT2D eigenvalue weighted by Crippen LogP contribution is 2.43. The Bertz CT molecular complexity index is 1280. The standard InChI is InChI=1S/C26H20F3NO4/c1-15-6-8-17(9-7-15)23(31)21-22(16-10-12-20(34-2)13-11-16)30(25(33)24(21)32)19-5-3-4-18(14-19)26(27,28)29/h3-14,22,31H,1-2H3/t22-/m0/s1. The number of Topliss-reactive ketones (excluding diaryl/α,β-unsaturated/α-hetero) is 1. The molecule has 1 saturated heterocycles. The minimum atomic E-state index is -4.64. The number of nitrogens with zero attached hydrogens (tertiary/aromatic N) is 1. The van der Waals surface area contributed by atoms with Crippen molar-refractivity contribution in [3.63, 3.8) is 0 Å². The van der Waals surface area contributed by atoms with Crippen LogP contribution < -0.4 is 9.64 Å². The molecule has 8 heteroatoms. The van der Waals surface area contributed by atoms with Gasteiger partial charge in [0.1, 0.15) is 11.5 Å². The molecule has 1 atom stereocenters. The van der Waals surface area contributed by atoms with Crippen molar-refractivity contribution in [3.05, 3.63) is 101 Å². The number of rotatable bonds is 4. The number of aliphatic hydroxyl groups excluding tert-OH is 1. The number of halogens is 3. The van der Waals surface area contributed by atoms with Crippen molar-refractivity contribution in [2.24, 2.45) is 0 Å². The van der Waals surface area contributed by atoms with E-state index >= 15 is 0 Å². The molecule has 0 saturated carbocycles. The van der Waals surface area contributed by atoms with E-state index in [4.69, 9.17) is 4.74 Å². The Balaban J connectivity index is 1.93. The number of aryl methyl sites for hydroxylation is 1. The number of ether oxygens (including phenoxy) is 1. The third-order valence-corrected chi connectivity index (χ3v) is 5.65. The molecule has 0 aromatic heterocycles. The fourth-order valence-electron chi connectivity index (χ4n) is 3.90. The van der Waals surface area contributed by atoms with Crippen LogP contribution in [-0.2, 0) is 15.8 Å².